The second-order valence-corrected chi connectivity index (χ2v) is 5.72. The fourth-order valence-corrected chi connectivity index (χ4v) is 2.64. The average molecular weight is 331 g/mol. The molecule has 3 aromatic rings. The van der Waals surface area contributed by atoms with E-state index in [1.54, 1.807) is 0 Å². The lowest BCUT2D eigenvalue weighted by atomic mass is 10.1. The topological polar surface area (TPSA) is 38.3 Å². The third kappa shape index (κ3) is 4.95. The second-order valence-electron chi connectivity index (χ2n) is 5.72. The van der Waals surface area contributed by atoms with Crippen LogP contribution in [0, 0.1) is 0 Å². The first-order valence-electron chi connectivity index (χ1n) is 8.41. The molecular weight excluding hydrogens is 310 g/mol. The normalized spacial score (nSPS) is 10.2. The zero-order valence-electron chi connectivity index (χ0n) is 14.0. The van der Waals surface area contributed by atoms with Crippen LogP contribution in [0.25, 0.3) is 11.1 Å². The average Bonchev–Trinajstić information content (AvgIpc) is 2.67. The number of ether oxygens (including phenoxy) is 1. The third-order valence-electron chi connectivity index (χ3n) is 3.86. The quantitative estimate of drug-likeness (QED) is 0.662. The maximum Gasteiger partial charge on any atom is 0.224 e. The molecule has 0 aliphatic carbocycles. The number of hydrogen-bond acceptors (Lipinski definition) is 2. The Kier molecular flexibility index (Phi) is 5.83. The molecule has 25 heavy (non-hydrogen) atoms. The molecule has 0 radical (unpaired) electrons. The van der Waals surface area contributed by atoms with Gasteiger partial charge in [-0.15, -0.1) is 0 Å². The van der Waals surface area contributed by atoms with E-state index in [-0.39, 0.29) is 5.91 Å². The Hall–Kier alpha value is -3.07. The molecule has 0 atom stereocenters. The third-order valence-corrected chi connectivity index (χ3v) is 3.86. The van der Waals surface area contributed by atoms with Crippen molar-refractivity contribution in [2.75, 3.05) is 13.2 Å². The number of nitrogens with one attached hydrogen (secondary N) is 1. The molecule has 0 spiro atoms. The number of hydrogen-bond donors (Lipinski definition) is 1. The van der Waals surface area contributed by atoms with Gasteiger partial charge in [0.2, 0.25) is 5.91 Å². The number of amides is 1. The molecule has 0 aromatic heterocycles. The number of benzene rings is 3. The molecular formula is C22H21NO2. The highest BCUT2D eigenvalue weighted by Crippen LogP contribution is 2.29. The summed E-state index contributed by atoms with van der Waals surface area (Å²) >= 11 is 0. The number of carbonyl (C=O) groups excluding carboxylic acids is 1. The van der Waals surface area contributed by atoms with Crippen molar-refractivity contribution in [1.29, 1.82) is 0 Å². The van der Waals surface area contributed by atoms with Gasteiger partial charge in [0, 0.05) is 5.56 Å². The Morgan fingerprint density at radius 3 is 2.20 bits per heavy atom. The number of para-hydroxylation sites is 1. The molecule has 3 heteroatoms. The fourth-order valence-electron chi connectivity index (χ4n) is 2.64. The van der Waals surface area contributed by atoms with Crippen molar-refractivity contribution in [3.8, 4) is 16.9 Å². The van der Waals surface area contributed by atoms with Crippen LogP contribution in [-0.2, 0) is 11.2 Å². The molecule has 1 amide bonds. The van der Waals surface area contributed by atoms with E-state index >= 15 is 0 Å². The van der Waals surface area contributed by atoms with Crippen LogP contribution in [0.4, 0.5) is 0 Å². The zero-order valence-corrected chi connectivity index (χ0v) is 14.0. The maximum atomic E-state index is 11.9. The van der Waals surface area contributed by atoms with Crippen LogP contribution in [0.2, 0.25) is 0 Å². The number of carbonyl (C=O) groups is 1. The summed E-state index contributed by atoms with van der Waals surface area (Å²) in [6, 6.07) is 27.8. The van der Waals surface area contributed by atoms with Crippen molar-refractivity contribution < 1.29 is 9.53 Å². The van der Waals surface area contributed by atoms with Crippen molar-refractivity contribution in [2.24, 2.45) is 0 Å². The summed E-state index contributed by atoms with van der Waals surface area (Å²) in [5.74, 6) is 0.831. The van der Waals surface area contributed by atoms with Crippen molar-refractivity contribution in [3.05, 3.63) is 90.5 Å². The molecule has 0 aliphatic rings. The van der Waals surface area contributed by atoms with E-state index in [0.29, 0.717) is 19.6 Å². The lowest BCUT2D eigenvalue weighted by Crippen LogP contribution is -2.29. The van der Waals surface area contributed by atoms with Gasteiger partial charge in [-0.05, 0) is 17.2 Å². The van der Waals surface area contributed by atoms with Gasteiger partial charge in [-0.1, -0.05) is 78.9 Å². The molecule has 126 valence electrons. The molecule has 0 saturated carbocycles. The lowest BCUT2D eigenvalue weighted by Gasteiger charge is -2.12. The minimum absolute atomic E-state index is 0.00569. The SMILES string of the molecule is O=C(Cc1ccccc1)NCCOc1ccccc1-c1ccccc1. The summed E-state index contributed by atoms with van der Waals surface area (Å²) in [6.07, 6.45) is 0.390. The summed E-state index contributed by atoms with van der Waals surface area (Å²) < 4.78 is 5.88. The second kappa shape index (κ2) is 8.69. The van der Waals surface area contributed by atoms with E-state index in [9.17, 15) is 4.79 Å². The molecule has 3 rings (SSSR count). The van der Waals surface area contributed by atoms with Gasteiger partial charge in [0.15, 0.2) is 0 Å². The van der Waals surface area contributed by atoms with Gasteiger partial charge in [-0.25, -0.2) is 0 Å². The summed E-state index contributed by atoms with van der Waals surface area (Å²) in [5.41, 5.74) is 3.18. The van der Waals surface area contributed by atoms with E-state index in [2.05, 4.69) is 17.4 Å². The smallest absolute Gasteiger partial charge is 0.224 e. The van der Waals surface area contributed by atoms with E-state index in [4.69, 9.17) is 4.74 Å². The van der Waals surface area contributed by atoms with Gasteiger partial charge in [0.25, 0.3) is 0 Å². The van der Waals surface area contributed by atoms with Crippen LogP contribution in [0.15, 0.2) is 84.9 Å². The Morgan fingerprint density at radius 1 is 0.800 bits per heavy atom. The Morgan fingerprint density at radius 2 is 1.44 bits per heavy atom. The highest BCUT2D eigenvalue weighted by atomic mass is 16.5. The number of rotatable bonds is 7. The lowest BCUT2D eigenvalue weighted by molar-refractivity contribution is -0.120. The largest absolute Gasteiger partial charge is 0.491 e. The molecule has 0 unspecified atom stereocenters. The standard InChI is InChI=1S/C22H21NO2/c24-22(17-18-9-3-1-4-10-18)23-15-16-25-21-14-8-7-13-20(21)19-11-5-2-6-12-19/h1-14H,15-17H2,(H,23,24). The van der Waals surface area contributed by atoms with Gasteiger partial charge in [-0.3, -0.25) is 4.79 Å². The highest BCUT2D eigenvalue weighted by molar-refractivity contribution is 5.78. The van der Waals surface area contributed by atoms with Gasteiger partial charge < -0.3 is 10.1 Å². The van der Waals surface area contributed by atoms with Crippen molar-refractivity contribution in [1.82, 2.24) is 5.32 Å². The van der Waals surface area contributed by atoms with E-state index in [1.807, 2.05) is 72.8 Å². The van der Waals surface area contributed by atoms with Crippen molar-refractivity contribution >= 4 is 5.91 Å². The van der Waals surface area contributed by atoms with Crippen molar-refractivity contribution in [3.63, 3.8) is 0 Å². The van der Waals surface area contributed by atoms with Gasteiger partial charge in [0.05, 0.1) is 13.0 Å². The van der Waals surface area contributed by atoms with E-state index < -0.39 is 0 Å². The highest BCUT2D eigenvalue weighted by Gasteiger charge is 2.06. The molecule has 0 fully saturated rings. The summed E-state index contributed by atoms with van der Waals surface area (Å²) in [4.78, 5) is 11.9. The van der Waals surface area contributed by atoms with Crippen molar-refractivity contribution in [2.45, 2.75) is 6.42 Å². The summed E-state index contributed by atoms with van der Waals surface area (Å²) in [5, 5.41) is 2.90. The van der Waals surface area contributed by atoms with Gasteiger partial charge in [-0.2, -0.15) is 0 Å². The molecule has 3 nitrogen and oxygen atoms in total. The first-order valence-corrected chi connectivity index (χ1v) is 8.41. The molecule has 3 aromatic carbocycles. The van der Waals surface area contributed by atoms with E-state index in [1.165, 1.54) is 0 Å². The molecule has 0 saturated heterocycles. The zero-order chi connectivity index (χ0) is 17.3. The first-order chi connectivity index (χ1) is 12.3. The minimum Gasteiger partial charge on any atom is -0.491 e. The monoisotopic (exact) mass is 331 g/mol. The van der Waals surface area contributed by atoms with Crippen LogP contribution in [-0.4, -0.2) is 19.1 Å². The predicted octanol–water partition coefficient (Wildman–Crippen LogP) is 4.09. The molecule has 1 N–H and O–H groups in total. The van der Waals surface area contributed by atoms with Crippen LogP contribution in [0.1, 0.15) is 5.56 Å². The Balaban J connectivity index is 1.50. The Bertz CT molecular complexity index is 801. The molecule has 0 heterocycles. The molecule has 0 aliphatic heterocycles. The van der Waals surface area contributed by atoms with Crippen LogP contribution >= 0.6 is 0 Å². The van der Waals surface area contributed by atoms with E-state index in [0.717, 1.165) is 22.4 Å². The molecule has 0 bridgehead atoms. The maximum absolute atomic E-state index is 11.9. The Labute approximate surface area is 148 Å². The van der Waals surface area contributed by atoms with Crippen LogP contribution in [0.5, 0.6) is 5.75 Å². The van der Waals surface area contributed by atoms with Gasteiger partial charge >= 0.3 is 0 Å². The summed E-state index contributed by atoms with van der Waals surface area (Å²) in [7, 11) is 0. The van der Waals surface area contributed by atoms with Crippen LogP contribution < -0.4 is 10.1 Å². The van der Waals surface area contributed by atoms with Crippen LogP contribution in [0.3, 0.4) is 0 Å². The minimum atomic E-state index is 0.00569. The first kappa shape index (κ1) is 16.8. The summed E-state index contributed by atoms with van der Waals surface area (Å²) in [6.45, 7) is 0.916. The fraction of sp³-hybridized carbons (Fsp3) is 0.136. The predicted molar refractivity (Wildman–Crippen MR) is 101 cm³/mol. The van der Waals surface area contributed by atoms with Gasteiger partial charge in [0.1, 0.15) is 12.4 Å².